The average molecular weight is 358 g/mol. The first-order chi connectivity index (χ1) is 12.4. The fourth-order valence-corrected chi connectivity index (χ4v) is 2.86. The smallest absolute Gasteiger partial charge is 0.317 e. The van der Waals surface area contributed by atoms with Crippen molar-refractivity contribution in [2.45, 2.75) is 33.2 Å². The number of aryl methyl sites for hydroxylation is 2. The van der Waals surface area contributed by atoms with Crippen LogP contribution in [0, 0.1) is 6.92 Å². The van der Waals surface area contributed by atoms with Crippen LogP contribution in [-0.4, -0.2) is 61.8 Å². The number of hydrogen-bond acceptors (Lipinski definition) is 6. The Kier molecular flexibility index (Phi) is 5.34. The number of rotatable bonds is 4. The number of carbonyl (C=O) groups is 1. The molecule has 3 rings (SSSR count). The van der Waals surface area contributed by atoms with E-state index in [4.69, 9.17) is 0 Å². The highest BCUT2D eigenvalue weighted by Crippen LogP contribution is 2.18. The number of nitrogens with one attached hydrogen (secondary N) is 1. The lowest BCUT2D eigenvalue weighted by Gasteiger charge is -2.35. The number of hydrogen-bond donors (Lipinski definition) is 1. The number of amides is 2. The zero-order valence-corrected chi connectivity index (χ0v) is 15.8. The first kappa shape index (κ1) is 18.1. The van der Waals surface area contributed by atoms with E-state index in [9.17, 15) is 4.79 Å². The molecule has 26 heavy (non-hydrogen) atoms. The Balaban J connectivity index is 1.54. The van der Waals surface area contributed by atoms with Gasteiger partial charge in [0.1, 0.15) is 18.0 Å². The van der Waals surface area contributed by atoms with Crippen LogP contribution in [0.1, 0.15) is 37.1 Å². The van der Waals surface area contributed by atoms with Gasteiger partial charge >= 0.3 is 6.03 Å². The monoisotopic (exact) mass is 358 g/mol. The lowest BCUT2D eigenvalue weighted by Crippen LogP contribution is -2.52. The quantitative estimate of drug-likeness (QED) is 0.879. The van der Waals surface area contributed by atoms with E-state index in [0.717, 1.165) is 30.4 Å². The summed E-state index contributed by atoms with van der Waals surface area (Å²) in [5, 5.41) is 7.03. The van der Waals surface area contributed by atoms with Gasteiger partial charge in [0.2, 0.25) is 0 Å². The van der Waals surface area contributed by atoms with Gasteiger partial charge in [-0.15, -0.1) is 0 Å². The summed E-state index contributed by atoms with van der Waals surface area (Å²) in [6.07, 6.45) is 1.62. The molecule has 1 aliphatic heterocycles. The average Bonchev–Trinajstić information content (AvgIpc) is 3.04. The topological polar surface area (TPSA) is 92.1 Å². The third kappa shape index (κ3) is 4.27. The summed E-state index contributed by atoms with van der Waals surface area (Å²) in [5.74, 6) is 2.71. The maximum atomic E-state index is 12.3. The summed E-state index contributed by atoms with van der Waals surface area (Å²) in [7, 11) is 1.80. The van der Waals surface area contributed by atoms with E-state index < -0.39 is 0 Å². The van der Waals surface area contributed by atoms with Crippen LogP contribution < -0.4 is 10.2 Å². The number of nitrogens with zero attached hydrogens (tertiary/aromatic N) is 7. The van der Waals surface area contributed by atoms with E-state index in [-0.39, 0.29) is 6.03 Å². The molecule has 1 fully saturated rings. The summed E-state index contributed by atoms with van der Waals surface area (Å²) in [5.41, 5.74) is 0.974. The second-order valence-electron chi connectivity index (χ2n) is 6.85. The van der Waals surface area contributed by atoms with Gasteiger partial charge in [0.05, 0.1) is 6.54 Å². The minimum Gasteiger partial charge on any atom is -0.353 e. The number of piperazine rings is 1. The van der Waals surface area contributed by atoms with Crippen molar-refractivity contribution < 1.29 is 4.79 Å². The molecule has 140 valence electrons. The number of aromatic nitrogens is 5. The zero-order valence-electron chi connectivity index (χ0n) is 15.8. The molecule has 2 aromatic rings. The Morgan fingerprint density at radius 2 is 1.96 bits per heavy atom. The summed E-state index contributed by atoms with van der Waals surface area (Å²) in [6, 6.07) is 1.92. The molecule has 0 bridgehead atoms. The highest BCUT2D eigenvalue weighted by Gasteiger charge is 2.22. The summed E-state index contributed by atoms with van der Waals surface area (Å²) >= 11 is 0. The van der Waals surface area contributed by atoms with Gasteiger partial charge in [-0.1, -0.05) is 13.8 Å². The molecule has 2 amide bonds. The van der Waals surface area contributed by atoms with Crippen molar-refractivity contribution in [2.75, 3.05) is 31.1 Å². The van der Waals surface area contributed by atoms with Gasteiger partial charge in [-0.05, 0) is 6.92 Å². The van der Waals surface area contributed by atoms with Crippen molar-refractivity contribution in [1.82, 2.24) is 34.9 Å². The first-order valence-electron chi connectivity index (χ1n) is 8.90. The Morgan fingerprint density at radius 3 is 2.58 bits per heavy atom. The third-order valence-corrected chi connectivity index (χ3v) is 4.31. The molecule has 0 aliphatic carbocycles. The van der Waals surface area contributed by atoms with Crippen LogP contribution in [0.3, 0.4) is 0 Å². The predicted octanol–water partition coefficient (Wildman–Crippen LogP) is 1.07. The van der Waals surface area contributed by atoms with Gasteiger partial charge < -0.3 is 15.1 Å². The van der Waals surface area contributed by atoms with Crippen LogP contribution in [0.15, 0.2) is 12.4 Å². The Morgan fingerprint density at radius 1 is 1.23 bits per heavy atom. The largest absolute Gasteiger partial charge is 0.353 e. The van der Waals surface area contributed by atoms with Crippen LogP contribution in [0.4, 0.5) is 10.6 Å². The van der Waals surface area contributed by atoms with Crippen molar-refractivity contribution in [2.24, 2.45) is 7.05 Å². The standard InChI is InChI=1S/C17H26N8O/c1-12(2)16-20-13(3)9-15(21-16)24-5-7-25(8-6-24)17(26)18-10-14-19-11-23(4)22-14/h9,11-12H,5-8,10H2,1-4H3,(H,18,26). The lowest BCUT2D eigenvalue weighted by atomic mass is 10.2. The molecular formula is C17H26N8O. The van der Waals surface area contributed by atoms with Crippen molar-refractivity contribution in [3.8, 4) is 0 Å². The molecule has 9 nitrogen and oxygen atoms in total. The van der Waals surface area contributed by atoms with E-state index in [1.165, 1.54) is 0 Å². The van der Waals surface area contributed by atoms with Crippen molar-refractivity contribution in [1.29, 1.82) is 0 Å². The number of urea groups is 1. The second-order valence-corrected chi connectivity index (χ2v) is 6.85. The van der Waals surface area contributed by atoms with Crippen LogP contribution in [-0.2, 0) is 13.6 Å². The van der Waals surface area contributed by atoms with E-state index in [1.807, 2.05) is 17.9 Å². The molecule has 1 aliphatic rings. The molecule has 0 unspecified atom stereocenters. The molecule has 1 N–H and O–H groups in total. The van der Waals surface area contributed by atoms with Crippen molar-refractivity contribution in [3.05, 3.63) is 29.7 Å². The molecule has 2 aromatic heterocycles. The molecular weight excluding hydrogens is 332 g/mol. The fraction of sp³-hybridized carbons (Fsp3) is 0.588. The number of carbonyl (C=O) groups excluding carboxylic acids is 1. The van der Waals surface area contributed by atoms with E-state index in [2.05, 4.69) is 44.1 Å². The minimum atomic E-state index is -0.0844. The molecule has 9 heteroatoms. The number of anilines is 1. The van der Waals surface area contributed by atoms with Gasteiger partial charge in [-0.3, -0.25) is 4.68 Å². The van der Waals surface area contributed by atoms with Crippen molar-refractivity contribution >= 4 is 11.8 Å². The first-order valence-corrected chi connectivity index (χ1v) is 8.90. The van der Waals surface area contributed by atoms with Gasteiger partial charge in [0.15, 0.2) is 5.82 Å². The predicted molar refractivity (Wildman–Crippen MR) is 97.9 cm³/mol. The SMILES string of the molecule is Cc1cc(N2CCN(C(=O)NCc3ncn(C)n3)CC2)nc(C(C)C)n1. The van der Waals surface area contributed by atoms with Gasteiger partial charge in [-0.25, -0.2) is 19.7 Å². The van der Waals surface area contributed by atoms with Crippen LogP contribution in [0.2, 0.25) is 0 Å². The Labute approximate surface area is 153 Å². The van der Waals surface area contributed by atoms with Crippen LogP contribution >= 0.6 is 0 Å². The Hall–Kier alpha value is -2.71. The summed E-state index contributed by atoms with van der Waals surface area (Å²) < 4.78 is 1.62. The fourth-order valence-electron chi connectivity index (χ4n) is 2.86. The zero-order chi connectivity index (χ0) is 18.7. The van der Waals surface area contributed by atoms with Crippen LogP contribution in [0.5, 0.6) is 0 Å². The van der Waals surface area contributed by atoms with Gasteiger partial charge in [-0.2, -0.15) is 5.10 Å². The molecule has 0 aromatic carbocycles. The molecule has 0 spiro atoms. The van der Waals surface area contributed by atoms with Crippen molar-refractivity contribution in [3.63, 3.8) is 0 Å². The molecule has 3 heterocycles. The normalized spacial score (nSPS) is 14.8. The van der Waals surface area contributed by atoms with Crippen LogP contribution in [0.25, 0.3) is 0 Å². The van der Waals surface area contributed by atoms with E-state index in [0.29, 0.717) is 31.4 Å². The van der Waals surface area contributed by atoms with Gasteiger partial charge in [0.25, 0.3) is 0 Å². The molecule has 0 atom stereocenters. The van der Waals surface area contributed by atoms with E-state index in [1.54, 1.807) is 18.1 Å². The second kappa shape index (κ2) is 7.67. The minimum absolute atomic E-state index is 0.0844. The van der Waals surface area contributed by atoms with Gasteiger partial charge in [0, 0.05) is 50.9 Å². The Bertz CT molecular complexity index is 764. The molecule has 0 radical (unpaired) electrons. The highest BCUT2D eigenvalue weighted by atomic mass is 16.2. The van der Waals surface area contributed by atoms with E-state index >= 15 is 0 Å². The molecule has 0 saturated carbocycles. The lowest BCUT2D eigenvalue weighted by molar-refractivity contribution is 0.193. The highest BCUT2D eigenvalue weighted by molar-refractivity contribution is 5.74. The summed E-state index contributed by atoms with van der Waals surface area (Å²) in [6.45, 7) is 9.33. The third-order valence-electron chi connectivity index (χ3n) is 4.31. The maximum Gasteiger partial charge on any atom is 0.317 e. The summed E-state index contributed by atoms with van der Waals surface area (Å²) in [4.78, 5) is 29.7. The molecule has 1 saturated heterocycles. The maximum absolute atomic E-state index is 12.3.